The summed E-state index contributed by atoms with van der Waals surface area (Å²) in [5, 5.41) is 8.32. The van der Waals surface area contributed by atoms with E-state index < -0.39 is 0 Å². The quantitative estimate of drug-likeness (QED) is 0.351. The normalized spacial score (nSPS) is 17.2. The van der Waals surface area contributed by atoms with Crippen LogP contribution in [0.1, 0.15) is 19.0 Å². The first kappa shape index (κ1) is 11.3. The van der Waals surface area contributed by atoms with Crippen molar-refractivity contribution in [3.05, 3.63) is 30.1 Å². The van der Waals surface area contributed by atoms with Crippen molar-refractivity contribution < 1.29 is 0 Å². The Morgan fingerprint density at radius 1 is 1.38 bits per heavy atom. The van der Waals surface area contributed by atoms with E-state index in [-0.39, 0.29) is 0 Å². The van der Waals surface area contributed by atoms with E-state index in [0.29, 0.717) is 0 Å². The van der Waals surface area contributed by atoms with Crippen LogP contribution < -0.4 is 0 Å². The maximum absolute atomic E-state index is 4.21. The van der Waals surface area contributed by atoms with Crippen LogP contribution in [0.15, 0.2) is 34.6 Å². The topological polar surface area (TPSA) is 40.9 Å². The van der Waals surface area contributed by atoms with Gasteiger partial charge in [-0.05, 0) is 0 Å². The summed E-state index contributed by atoms with van der Waals surface area (Å²) in [6.45, 7) is 4.06. The Kier molecular flexibility index (Phi) is 3.70. The van der Waals surface area contributed by atoms with Crippen LogP contribution in [0.4, 0.5) is 0 Å². The van der Waals surface area contributed by atoms with Crippen LogP contribution in [0.25, 0.3) is 0 Å². The summed E-state index contributed by atoms with van der Waals surface area (Å²) < 4.78 is 0.863. The summed E-state index contributed by atoms with van der Waals surface area (Å²) in [5.41, 5.74) is 1.69. The molecule has 1 aromatic rings. The second kappa shape index (κ2) is 5.23. The van der Waals surface area contributed by atoms with Gasteiger partial charge in [-0.25, -0.2) is 0 Å². The zero-order chi connectivity index (χ0) is 11.4. The number of hydrogen-bond donors (Lipinski definition) is 0. The van der Waals surface area contributed by atoms with E-state index in [1.807, 2.05) is 25.1 Å². The minimum absolute atomic E-state index is 0.828. The fourth-order valence-corrected chi connectivity index (χ4v) is 1.79. The molecule has 0 aromatic carbocycles. The fourth-order valence-electron chi connectivity index (χ4n) is 1.32. The van der Waals surface area contributed by atoms with Crippen molar-refractivity contribution >= 4 is 26.5 Å². The molecule has 0 aliphatic carbocycles. The van der Waals surface area contributed by atoms with Crippen molar-refractivity contribution in [3.63, 3.8) is 0 Å². The van der Waals surface area contributed by atoms with Gasteiger partial charge in [0.2, 0.25) is 0 Å². The second-order valence-corrected chi connectivity index (χ2v) is 4.39. The van der Waals surface area contributed by atoms with Gasteiger partial charge in [-0.1, -0.05) is 0 Å². The van der Waals surface area contributed by atoms with Gasteiger partial charge in [0.05, 0.1) is 0 Å². The van der Waals surface area contributed by atoms with Crippen LogP contribution in [-0.4, -0.2) is 49.4 Å². The van der Waals surface area contributed by atoms with Crippen molar-refractivity contribution in [2.75, 3.05) is 13.1 Å². The van der Waals surface area contributed by atoms with Crippen molar-refractivity contribution in [2.24, 2.45) is 10.2 Å². The standard InChI is InChI=1S/C11H13N4Se/c1-9(10-5-2-3-6-12-10)13-14-11(16)15-7-4-8-15/h2-3,5-6H,4,7-8H2,1H3. The summed E-state index contributed by atoms with van der Waals surface area (Å²) in [6.07, 6.45) is 3.00. The summed E-state index contributed by atoms with van der Waals surface area (Å²) in [5.74, 6) is 0. The number of amidine groups is 1. The first-order valence-electron chi connectivity index (χ1n) is 5.23. The zero-order valence-electron chi connectivity index (χ0n) is 9.13. The molecular formula is C11H13N4Se. The van der Waals surface area contributed by atoms with E-state index in [0.717, 1.165) is 29.2 Å². The predicted molar refractivity (Wildman–Crippen MR) is 65.8 cm³/mol. The third kappa shape index (κ3) is 2.68. The Bertz CT molecular complexity index is 409. The first-order valence-corrected chi connectivity index (χ1v) is 6.08. The van der Waals surface area contributed by atoms with E-state index in [1.165, 1.54) is 6.42 Å². The molecule has 1 saturated heterocycles. The van der Waals surface area contributed by atoms with Gasteiger partial charge in [-0.2, -0.15) is 0 Å². The summed E-state index contributed by atoms with van der Waals surface area (Å²) in [6, 6.07) is 5.76. The number of likely N-dealkylation sites (tertiary alicyclic amines) is 1. The van der Waals surface area contributed by atoms with Crippen LogP contribution in [0, 0.1) is 0 Å². The van der Waals surface area contributed by atoms with Crippen molar-refractivity contribution in [2.45, 2.75) is 13.3 Å². The van der Waals surface area contributed by atoms with Gasteiger partial charge >= 0.3 is 103 Å². The van der Waals surface area contributed by atoms with Gasteiger partial charge in [0.25, 0.3) is 0 Å². The number of nitrogens with zero attached hydrogens (tertiary/aromatic N) is 4. The molecule has 2 heterocycles. The Hall–Kier alpha value is -1.19. The number of rotatable bonds is 2. The van der Waals surface area contributed by atoms with Crippen molar-refractivity contribution in [1.82, 2.24) is 9.88 Å². The molecule has 1 fully saturated rings. The van der Waals surface area contributed by atoms with E-state index >= 15 is 0 Å². The van der Waals surface area contributed by atoms with Crippen LogP contribution in [-0.2, 0) is 0 Å². The number of aromatic nitrogens is 1. The Balaban J connectivity index is 2.06. The summed E-state index contributed by atoms with van der Waals surface area (Å²) in [4.78, 5) is 6.37. The zero-order valence-corrected chi connectivity index (χ0v) is 10.8. The molecule has 5 heteroatoms. The molecule has 1 aliphatic rings. The van der Waals surface area contributed by atoms with Gasteiger partial charge in [-0.3, -0.25) is 0 Å². The van der Waals surface area contributed by atoms with Crippen LogP contribution >= 0.6 is 0 Å². The Morgan fingerprint density at radius 3 is 2.75 bits per heavy atom. The molecule has 16 heavy (non-hydrogen) atoms. The van der Waals surface area contributed by atoms with Gasteiger partial charge in [0.15, 0.2) is 0 Å². The first-order chi connectivity index (χ1) is 7.77. The van der Waals surface area contributed by atoms with Gasteiger partial charge in [0.1, 0.15) is 0 Å². The fraction of sp³-hybridized carbons (Fsp3) is 0.364. The van der Waals surface area contributed by atoms with Crippen molar-refractivity contribution in [1.29, 1.82) is 0 Å². The monoisotopic (exact) mass is 281 g/mol. The molecule has 1 aromatic heterocycles. The molecule has 2 rings (SSSR count). The molecule has 0 saturated carbocycles. The molecule has 4 nitrogen and oxygen atoms in total. The molecule has 0 N–H and O–H groups in total. The molecule has 83 valence electrons. The summed E-state index contributed by atoms with van der Waals surface area (Å²) in [7, 11) is 0. The van der Waals surface area contributed by atoms with Crippen LogP contribution in [0.3, 0.4) is 0 Å². The summed E-state index contributed by atoms with van der Waals surface area (Å²) >= 11 is 2.93. The van der Waals surface area contributed by atoms with E-state index in [2.05, 4.69) is 36.1 Å². The third-order valence-electron chi connectivity index (χ3n) is 2.45. The van der Waals surface area contributed by atoms with Gasteiger partial charge < -0.3 is 0 Å². The molecule has 0 spiro atoms. The Morgan fingerprint density at radius 2 is 2.19 bits per heavy atom. The van der Waals surface area contributed by atoms with E-state index in [4.69, 9.17) is 0 Å². The van der Waals surface area contributed by atoms with E-state index in [1.54, 1.807) is 6.20 Å². The van der Waals surface area contributed by atoms with Crippen LogP contribution in [0.2, 0.25) is 0 Å². The SMILES string of the molecule is CC(=NN=C([Se])N1CCC1)c1ccccn1. The van der Waals surface area contributed by atoms with Crippen LogP contribution in [0.5, 0.6) is 0 Å². The molecular weight excluding hydrogens is 267 g/mol. The third-order valence-corrected chi connectivity index (χ3v) is 3.16. The maximum atomic E-state index is 4.21. The average molecular weight is 280 g/mol. The molecule has 0 amide bonds. The molecule has 0 bridgehead atoms. The number of hydrogen-bond acceptors (Lipinski definition) is 3. The van der Waals surface area contributed by atoms with E-state index in [9.17, 15) is 0 Å². The average Bonchev–Trinajstić information content (AvgIpc) is 2.25. The molecule has 1 aliphatic heterocycles. The molecule has 1 radical (unpaired) electrons. The second-order valence-electron chi connectivity index (χ2n) is 3.62. The number of pyridine rings is 1. The predicted octanol–water partition coefficient (Wildman–Crippen LogP) is 1.04. The van der Waals surface area contributed by atoms with Gasteiger partial charge in [0, 0.05) is 0 Å². The van der Waals surface area contributed by atoms with Crippen molar-refractivity contribution in [3.8, 4) is 0 Å². The molecule has 0 unspecified atom stereocenters. The Labute approximate surface area is 103 Å². The minimum atomic E-state index is 0.828. The van der Waals surface area contributed by atoms with Gasteiger partial charge in [-0.15, -0.1) is 0 Å². The molecule has 0 atom stereocenters.